The van der Waals surface area contributed by atoms with Crippen molar-refractivity contribution in [1.82, 2.24) is 14.9 Å². The predicted molar refractivity (Wildman–Crippen MR) is 121 cm³/mol. The molecule has 4 rings (SSSR count). The van der Waals surface area contributed by atoms with Crippen LogP contribution in [0.2, 0.25) is 0 Å². The number of halogens is 2. The van der Waals surface area contributed by atoms with Crippen LogP contribution in [-0.4, -0.2) is 74.7 Å². The summed E-state index contributed by atoms with van der Waals surface area (Å²) in [6.45, 7) is 3.27. The van der Waals surface area contributed by atoms with E-state index in [2.05, 4.69) is 24.9 Å². The molecule has 0 radical (unpaired) electrons. The molecular formula is C21H28F2N6O2S. The lowest BCUT2D eigenvalue weighted by Crippen LogP contribution is -2.45. The highest BCUT2D eigenvalue weighted by Crippen LogP contribution is 2.36. The first-order chi connectivity index (χ1) is 15.2. The minimum absolute atomic E-state index is 0.0410. The maximum absolute atomic E-state index is 14.1. The fourth-order valence-corrected chi connectivity index (χ4v) is 4.86. The molecule has 2 N–H and O–H groups in total. The third-order valence-corrected chi connectivity index (χ3v) is 7.03. The van der Waals surface area contributed by atoms with Crippen molar-refractivity contribution in [2.75, 3.05) is 60.5 Å². The third-order valence-electron chi connectivity index (χ3n) is 5.74. The fraction of sp³-hybridized carbons (Fsp3) is 0.524. The van der Waals surface area contributed by atoms with Crippen LogP contribution in [0.3, 0.4) is 0 Å². The molecule has 0 amide bonds. The summed E-state index contributed by atoms with van der Waals surface area (Å²) in [5.41, 5.74) is 1.48. The zero-order valence-corrected chi connectivity index (χ0v) is 18.8. The first-order valence-electron chi connectivity index (χ1n) is 10.7. The summed E-state index contributed by atoms with van der Waals surface area (Å²) in [4.78, 5) is 13.4. The standard InChI is InChI=1S/C21H28F2N6O2S/c1-28-10-12-29(13-11-28)20-25-18-7-8-21(22,23)15-17(18)19(26-20)24-9-14-32(30,31)27-16-5-3-2-4-6-16/h2-6,27H,7-15H2,1H3,(H,24,25,26). The van der Waals surface area contributed by atoms with E-state index < -0.39 is 22.4 Å². The van der Waals surface area contributed by atoms with Crippen molar-refractivity contribution in [2.45, 2.75) is 25.2 Å². The van der Waals surface area contributed by atoms with Gasteiger partial charge in [0.05, 0.1) is 11.4 Å². The summed E-state index contributed by atoms with van der Waals surface area (Å²) in [6, 6.07) is 8.60. The molecule has 1 saturated heterocycles. The smallest absolute Gasteiger partial charge is 0.252 e. The Labute approximate surface area is 187 Å². The number of para-hydroxylation sites is 1. The molecule has 2 aliphatic rings. The molecule has 0 unspecified atom stereocenters. The number of hydrogen-bond donors (Lipinski definition) is 2. The highest BCUT2D eigenvalue weighted by molar-refractivity contribution is 7.92. The number of fused-ring (bicyclic) bond motifs is 1. The topological polar surface area (TPSA) is 90.5 Å². The van der Waals surface area contributed by atoms with Crippen LogP contribution < -0.4 is 14.9 Å². The molecule has 1 aromatic carbocycles. The van der Waals surface area contributed by atoms with Gasteiger partial charge in [0.25, 0.3) is 5.92 Å². The van der Waals surface area contributed by atoms with E-state index in [0.29, 0.717) is 28.7 Å². The third kappa shape index (κ3) is 5.63. The fourth-order valence-electron chi connectivity index (χ4n) is 3.89. The zero-order valence-electron chi connectivity index (χ0n) is 18.0. The van der Waals surface area contributed by atoms with Crippen molar-refractivity contribution in [1.29, 1.82) is 0 Å². The predicted octanol–water partition coefficient (Wildman–Crippen LogP) is 2.21. The number of rotatable bonds is 7. The number of likely N-dealkylation sites (N-methyl/N-ethyl adjacent to an activating group) is 1. The van der Waals surface area contributed by atoms with Crippen LogP contribution in [-0.2, 0) is 22.9 Å². The van der Waals surface area contributed by atoms with Crippen LogP contribution in [0.25, 0.3) is 0 Å². The van der Waals surface area contributed by atoms with Gasteiger partial charge in [-0.25, -0.2) is 22.2 Å². The highest BCUT2D eigenvalue weighted by Gasteiger charge is 2.37. The van der Waals surface area contributed by atoms with Gasteiger partial charge in [-0.2, -0.15) is 4.98 Å². The van der Waals surface area contributed by atoms with Crippen molar-refractivity contribution in [3.05, 3.63) is 41.6 Å². The number of nitrogens with zero attached hydrogens (tertiary/aromatic N) is 4. The Hall–Kier alpha value is -2.53. The maximum atomic E-state index is 14.1. The lowest BCUT2D eigenvalue weighted by Gasteiger charge is -2.34. The average Bonchev–Trinajstić information content (AvgIpc) is 2.74. The molecule has 2 heterocycles. The molecule has 174 valence electrons. The van der Waals surface area contributed by atoms with Gasteiger partial charge in [0.2, 0.25) is 16.0 Å². The van der Waals surface area contributed by atoms with Crippen LogP contribution >= 0.6 is 0 Å². The molecule has 0 saturated carbocycles. The Morgan fingerprint density at radius 3 is 2.53 bits per heavy atom. The van der Waals surface area contributed by atoms with Gasteiger partial charge in [0.1, 0.15) is 5.82 Å². The van der Waals surface area contributed by atoms with Crippen LogP contribution in [0.4, 0.5) is 26.2 Å². The zero-order chi connectivity index (χ0) is 22.8. The summed E-state index contributed by atoms with van der Waals surface area (Å²) in [7, 11) is -1.56. The monoisotopic (exact) mass is 466 g/mol. The number of piperazine rings is 1. The molecule has 1 aliphatic heterocycles. The van der Waals surface area contributed by atoms with Crippen molar-refractivity contribution in [2.24, 2.45) is 0 Å². The average molecular weight is 467 g/mol. The number of benzene rings is 1. The van der Waals surface area contributed by atoms with Gasteiger partial charge in [-0.1, -0.05) is 18.2 Å². The van der Waals surface area contributed by atoms with Crippen molar-refractivity contribution in [3.8, 4) is 0 Å². The SMILES string of the molecule is CN1CCN(c2nc3c(c(NCCS(=O)(=O)Nc4ccccc4)n2)CC(F)(F)CC3)CC1. The number of sulfonamides is 1. The van der Waals surface area contributed by atoms with E-state index in [0.717, 1.165) is 26.2 Å². The molecule has 1 aromatic heterocycles. The van der Waals surface area contributed by atoms with Crippen LogP contribution in [0.5, 0.6) is 0 Å². The number of hydrogen-bond acceptors (Lipinski definition) is 7. The van der Waals surface area contributed by atoms with E-state index >= 15 is 0 Å². The molecule has 8 nitrogen and oxygen atoms in total. The van der Waals surface area contributed by atoms with E-state index in [-0.39, 0.29) is 25.1 Å². The van der Waals surface area contributed by atoms with E-state index in [1.54, 1.807) is 30.3 Å². The Bertz CT molecular complexity index is 1040. The van der Waals surface area contributed by atoms with E-state index in [4.69, 9.17) is 0 Å². The van der Waals surface area contributed by atoms with E-state index in [9.17, 15) is 17.2 Å². The van der Waals surface area contributed by atoms with Gasteiger partial charge >= 0.3 is 0 Å². The number of nitrogens with one attached hydrogen (secondary N) is 2. The molecule has 32 heavy (non-hydrogen) atoms. The molecule has 1 aliphatic carbocycles. The van der Waals surface area contributed by atoms with Crippen molar-refractivity contribution in [3.63, 3.8) is 0 Å². The second-order valence-electron chi connectivity index (χ2n) is 8.33. The molecule has 11 heteroatoms. The quantitative estimate of drug-likeness (QED) is 0.647. The Morgan fingerprint density at radius 2 is 1.81 bits per heavy atom. The summed E-state index contributed by atoms with van der Waals surface area (Å²) < 4.78 is 55.6. The summed E-state index contributed by atoms with van der Waals surface area (Å²) >= 11 is 0. The summed E-state index contributed by atoms with van der Waals surface area (Å²) in [5, 5.41) is 3.00. The summed E-state index contributed by atoms with van der Waals surface area (Å²) in [6.07, 6.45) is -0.509. The molecule has 2 aromatic rings. The second-order valence-corrected chi connectivity index (χ2v) is 10.2. The Kier molecular flexibility index (Phi) is 6.47. The minimum Gasteiger partial charge on any atom is -0.369 e. The van der Waals surface area contributed by atoms with Gasteiger partial charge in [0.15, 0.2) is 0 Å². The number of aryl methyl sites for hydroxylation is 1. The van der Waals surface area contributed by atoms with Gasteiger partial charge in [-0.05, 0) is 25.6 Å². The Balaban J connectivity index is 1.50. The maximum Gasteiger partial charge on any atom is 0.252 e. The highest BCUT2D eigenvalue weighted by atomic mass is 32.2. The van der Waals surface area contributed by atoms with E-state index in [1.807, 2.05) is 11.9 Å². The molecular weight excluding hydrogens is 438 g/mol. The summed E-state index contributed by atoms with van der Waals surface area (Å²) in [5.74, 6) is -2.22. The van der Waals surface area contributed by atoms with Crippen molar-refractivity contribution < 1.29 is 17.2 Å². The number of anilines is 3. The number of alkyl halides is 2. The molecule has 0 atom stereocenters. The Morgan fingerprint density at radius 1 is 1.09 bits per heavy atom. The lowest BCUT2D eigenvalue weighted by molar-refractivity contribution is -0.0127. The van der Waals surface area contributed by atoms with Gasteiger partial charge in [-0.15, -0.1) is 0 Å². The van der Waals surface area contributed by atoms with Crippen LogP contribution in [0, 0.1) is 0 Å². The van der Waals surface area contributed by atoms with E-state index in [1.165, 1.54) is 0 Å². The van der Waals surface area contributed by atoms with Crippen LogP contribution in [0.15, 0.2) is 30.3 Å². The normalized spacial score (nSPS) is 18.8. The molecule has 1 fully saturated rings. The lowest BCUT2D eigenvalue weighted by atomic mass is 9.93. The first kappa shape index (κ1) is 22.7. The van der Waals surface area contributed by atoms with Gasteiger partial charge < -0.3 is 15.1 Å². The first-order valence-corrected chi connectivity index (χ1v) is 12.4. The largest absolute Gasteiger partial charge is 0.369 e. The van der Waals surface area contributed by atoms with Crippen LogP contribution in [0.1, 0.15) is 17.7 Å². The number of aromatic nitrogens is 2. The van der Waals surface area contributed by atoms with Crippen molar-refractivity contribution >= 4 is 27.5 Å². The molecule has 0 spiro atoms. The second kappa shape index (κ2) is 9.14. The van der Waals surface area contributed by atoms with Gasteiger partial charge in [0, 0.05) is 56.8 Å². The minimum atomic E-state index is -3.61. The van der Waals surface area contributed by atoms with Gasteiger partial charge in [-0.3, -0.25) is 4.72 Å². The molecule has 0 bridgehead atoms.